The Morgan fingerprint density at radius 2 is 1.85 bits per heavy atom. The summed E-state index contributed by atoms with van der Waals surface area (Å²) >= 11 is 0. The molecule has 1 amide bonds. The summed E-state index contributed by atoms with van der Waals surface area (Å²) in [6, 6.07) is 0. The zero-order valence-electron chi connectivity index (χ0n) is 17.7. The predicted molar refractivity (Wildman–Crippen MR) is 105 cm³/mol. The number of amides is 1. The van der Waals surface area contributed by atoms with Gasteiger partial charge in [0.25, 0.3) is 0 Å². The minimum atomic E-state index is -0.580. The smallest absolute Gasteiger partial charge is 0.410 e. The SMILES string of the molecule is CCOC(O)C1CCC(C2CCC3(CCN(C(=O)OC(C)(C)C)C3)C2)CC1. The molecule has 0 aromatic rings. The Bertz CT molecular complexity index is 509. The van der Waals surface area contributed by atoms with E-state index >= 15 is 0 Å². The first-order chi connectivity index (χ1) is 12.7. The first kappa shape index (κ1) is 20.9. The molecule has 1 heterocycles. The van der Waals surface area contributed by atoms with Crippen LogP contribution in [0.1, 0.15) is 79.1 Å². The lowest BCUT2D eigenvalue weighted by Gasteiger charge is -2.35. The number of hydrogen-bond donors (Lipinski definition) is 1. The molecular weight excluding hydrogens is 342 g/mol. The van der Waals surface area contributed by atoms with Gasteiger partial charge >= 0.3 is 6.09 Å². The molecule has 1 N–H and O–H groups in total. The Balaban J connectivity index is 1.47. The average Bonchev–Trinajstić information content (AvgIpc) is 3.21. The van der Waals surface area contributed by atoms with Gasteiger partial charge in [-0.05, 0) is 96.3 Å². The fourth-order valence-corrected chi connectivity index (χ4v) is 5.65. The monoisotopic (exact) mass is 381 g/mol. The van der Waals surface area contributed by atoms with Crippen molar-refractivity contribution in [3.63, 3.8) is 0 Å². The van der Waals surface area contributed by atoms with Gasteiger partial charge in [0.15, 0.2) is 6.29 Å². The van der Waals surface area contributed by atoms with E-state index in [0.717, 1.165) is 44.2 Å². The number of carbonyl (C=O) groups is 1. The van der Waals surface area contributed by atoms with Gasteiger partial charge in [0.1, 0.15) is 5.60 Å². The van der Waals surface area contributed by atoms with Gasteiger partial charge in [-0.2, -0.15) is 0 Å². The zero-order valence-corrected chi connectivity index (χ0v) is 17.7. The van der Waals surface area contributed by atoms with Crippen molar-refractivity contribution in [3.05, 3.63) is 0 Å². The third kappa shape index (κ3) is 5.17. The van der Waals surface area contributed by atoms with Gasteiger partial charge in [0.05, 0.1) is 0 Å². The van der Waals surface area contributed by atoms with E-state index in [1.807, 2.05) is 32.6 Å². The molecule has 1 aliphatic heterocycles. The number of aliphatic hydroxyl groups excluding tert-OH is 1. The molecule has 0 radical (unpaired) electrons. The first-order valence-electron chi connectivity index (χ1n) is 11.0. The van der Waals surface area contributed by atoms with E-state index in [9.17, 15) is 9.90 Å². The maximum absolute atomic E-state index is 12.4. The summed E-state index contributed by atoms with van der Waals surface area (Å²) in [5.41, 5.74) is -0.0982. The van der Waals surface area contributed by atoms with Gasteiger partial charge in [-0.3, -0.25) is 0 Å². The summed E-state index contributed by atoms with van der Waals surface area (Å²) in [5, 5.41) is 10.1. The second-order valence-corrected chi connectivity index (χ2v) is 10.2. The summed E-state index contributed by atoms with van der Waals surface area (Å²) < 4.78 is 11.0. The Kier molecular flexibility index (Phi) is 6.41. The lowest BCUT2D eigenvalue weighted by atomic mass is 9.73. The van der Waals surface area contributed by atoms with E-state index in [1.54, 1.807) is 0 Å². The van der Waals surface area contributed by atoms with Crippen LogP contribution < -0.4 is 0 Å². The highest BCUT2D eigenvalue weighted by Gasteiger charge is 2.48. The van der Waals surface area contributed by atoms with Gasteiger partial charge in [0.2, 0.25) is 0 Å². The predicted octanol–water partition coefficient (Wildman–Crippen LogP) is 4.58. The third-order valence-corrected chi connectivity index (χ3v) is 7.05. The largest absolute Gasteiger partial charge is 0.444 e. The molecule has 2 aliphatic carbocycles. The van der Waals surface area contributed by atoms with Crippen LogP contribution in [0.25, 0.3) is 0 Å². The van der Waals surface area contributed by atoms with Crippen LogP contribution in [0.3, 0.4) is 0 Å². The molecule has 3 aliphatic rings. The maximum atomic E-state index is 12.4. The van der Waals surface area contributed by atoms with Gasteiger partial charge in [-0.15, -0.1) is 0 Å². The average molecular weight is 382 g/mol. The lowest BCUT2D eigenvalue weighted by Crippen LogP contribution is -2.36. The Morgan fingerprint density at radius 1 is 1.15 bits per heavy atom. The molecule has 5 nitrogen and oxygen atoms in total. The van der Waals surface area contributed by atoms with Crippen LogP contribution in [0.4, 0.5) is 4.79 Å². The zero-order chi connectivity index (χ0) is 19.7. The van der Waals surface area contributed by atoms with Crippen molar-refractivity contribution in [2.45, 2.75) is 91.0 Å². The number of ether oxygens (including phenoxy) is 2. The van der Waals surface area contributed by atoms with Crippen molar-refractivity contribution in [2.24, 2.45) is 23.2 Å². The molecule has 0 bridgehead atoms. The Morgan fingerprint density at radius 3 is 2.48 bits per heavy atom. The first-order valence-corrected chi connectivity index (χ1v) is 11.0. The quantitative estimate of drug-likeness (QED) is 0.725. The number of rotatable bonds is 4. The summed E-state index contributed by atoms with van der Waals surface area (Å²) in [6.45, 7) is 10.0. The van der Waals surface area contributed by atoms with Crippen LogP contribution >= 0.6 is 0 Å². The maximum Gasteiger partial charge on any atom is 0.410 e. The lowest BCUT2D eigenvalue weighted by molar-refractivity contribution is -0.140. The number of aliphatic hydroxyl groups is 1. The van der Waals surface area contributed by atoms with Crippen molar-refractivity contribution >= 4 is 6.09 Å². The van der Waals surface area contributed by atoms with Crippen LogP contribution in [0, 0.1) is 23.2 Å². The van der Waals surface area contributed by atoms with Crippen molar-refractivity contribution in [1.82, 2.24) is 4.90 Å². The van der Waals surface area contributed by atoms with Gasteiger partial charge in [-0.25, -0.2) is 4.79 Å². The standard InChI is InChI=1S/C22H39NO4/c1-5-26-19(24)17-8-6-16(7-9-17)18-10-11-22(14-18)12-13-23(15-22)20(25)27-21(2,3)4/h16-19,24H,5-15H2,1-4H3. The molecule has 1 saturated heterocycles. The molecular formula is C22H39NO4. The van der Waals surface area contributed by atoms with E-state index in [4.69, 9.17) is 9.47 Å². The van der Waals surface area contributed by atoms with Crippen LogP contribution in [0.2, 0.25) is 0 Å². The van der Waals surface area contributed by atoms with E-state index < -0.39 is 11.9 Å². The minimum absolute atomic E-state index is 0.145. The topological polar surface area (TPSA) is 59.0 Å². The molecule has 3 rings (SSSR count). The summed E-state index contributed by atoms with van der Waals surface area (Å²) in [7, 11) is 0. The van der Waals surface area contributed by atoms with Crippen molar-refractivity contribution in [1.29, 1.82) is 0 Å². The van der Waals surface area contributed by atoms with Crippen molar-refractivity contribution in [2.75, 3.05) is 19.7 Å². The van der Waals surface area contributed by atoms with Crippen LogP contribution in [0.5, 0.6) is 0 Å². The highest BCUT2D eigenvalue weighted by Crippen LogP contribution is 2.53. The number of likely N-dealkylation sites (tertiary alicyclic amines) is 1. The highest BCUT2D eigenvalue weighted by molar-refractivity contribution is 5.68. The molecule has 156 valence electrons. The Hall–Kier alpha value is -0.810. The summed E-state index contributed by atoms with van der Waals surface area (Å²) in [5.74, 6) is 1.88. The fraction of sp³-hybridized carbons (Fsp3) is 0.955. The number of carbonyl (C=O) groups excluding carboxylic acids is 1. The number of nitrogens with zero attached hydrogens (tertiary/aromatic N) is 1. The van der Waals surface area contributed by atoms with Gasteiger partial charge < -0.3 is 19.5 Å². The third-order valence-electron chi connectivity index (χ3n) is 7.05. The molecule has 3 unspecified atom stereocenters. The normalized spacial score (nSPS) is 35.6. The van der Waals surface area contributed by atoms with Crippen molar-refractivity contribution in [3.8, 4) is 0 Å². The molecule has 27 heavy (non-hydrogen) atoms. The second-order valence-electron chi connectivity index (χ2n) is 10.2. The van der Waals surface area contributed by atoms with Gasteiger partial charge in [0, 0.05) is 25.6 Å². The fourth-order valence-electron chi connectivity index (χ4n) is 5.65. The van der Waals surface area contributed by atoms with Crippen LogP contribution in [-0.2, 0) is 9.47 Å². The highest BCUT2D eigenvalue weighted by atomic mass is 16.6. The van der Waals surface area contributed by atoms with Gasteiger partial charge in [-0.1, -0.05) is 0 Å². The summed E-state index contributed by atoms with van der Waals surface area (Å²) in [6.07, 6.45) is 8.80. The number of hydrogen-bond acceptors (Lipinski definition) is 4. The molecule has 1 spiro atoms. The molecule has 3 fully saturated rings. The molecule has 3 atom stereocenters. The minimum Gasteiger partial charge on any atom is -0.444 e. The van der Waals surface area contributed by atoms with Crippen LogP contribution in [0.15, 0.2) is 0 Å². The molecule has 0 aromatic heterocycles. The van der Waals surface area contributed by atoms with E-state index in [-0.39, 0.29) is 6.09 Å². The molecule has 0 aromatic carbocycles. The van der Waals surface area contributed by atoms with Crippen molar-refractivity contribution < 1.29 is 19.4 Å². The second kappa shape index (κ2) is 8.28. The Labute approximate surface area is 164 Å². The summed E-state index contributed by atoms with van der Waals surface area (Å²) in [4.78, 5) is 14.3. The molecule has 2 saturated carbocycles. The van der Waals surface area contributed by atoms with E-state index in [1.165, 1.54) is 32.1 Å². The van der Waals surface area contributed by atoms with E-state index in [0.29, 0.717) is 17.9 Å². The van der Waals surface area contributed by atoms with E-state index in [2.05, 4.69) is 0 Å². The van der Waals surface area contributed by atoms with Crippen LogP contribution in [-0.4, -0.2) is 47.7 Å². The molecule has 5 heteroatoms.